The molecule has 0 amide bonds. The van der Waals surface area contributed by atoms with E-state index in [4.69, 9.17) is 5.84 Å². The molecule has 0 bridgehead atoms. The third kappa shape index (κ3) is 5.47. The molecule has 4 heteroatoms. The van der Waals surface area contributed by atoms with Gasteiger partial charge in [0.05, 0.1) is 0 Å². The van der Waals surface area contributed by atoms with E-state index in [1.807, 2.05) is 0 Å². The van der Waals surface area contributed by atoms with Gasteiger partial charge in [0.2, 0.25) is 5.96 Å². The van der Waals surface area contributed by atoms with Crippen LogP contribution in [0.3, 0.4) is 0 Å². The van der Waals surface area contributed by atoms with Gasteiger partial charge in [-0.05, 0) is 26.7 Å². The highest BCUT2D eigenvalue weighted by molar-refractivity contribution is 5.79. The van der Waals surface area contributed by atoms with E-state index in [-0.39, 0.29) is 5.54 Å². The second kappa shape index (κ2) is 5.80. The lowest BCUT2D eigenvalue weighted by molar-refractivity contribution is 0.438. The molecule has 0 aromatic rings. The Labute approximate surface area is 81.0 Å². The highest BCUT2D eigenvalue weighted by atomic mass is 15.3. The van der Waals surface area contributed by atoms with Crippen molar-refractivity contribution in [1.82, 2.24) is 10.7 Å². The minimum absolute atomic E-state index is 0.0406. The molecule has 0 aromatic carbocycles. The summed E-state index contributed by atoms with van der Waals surface area (Å²) < 4.78 is 0. The minimum Gasteiger partial charge on any atom is -0.350 e. The molecule has 0 fully saturated rings. The zero-order valence-electron chi connectivity index (χ0n) is 9.15. The zero-order valence-corrected chi connectivity index (χ0v) is 9.15. The molecule has 4 nitrogen and oxygen atoms in total. The van der Waals surface area contributed by atoms with Crippen LogP contribution in [0.2, 0.25) is 0 Å². The van der Waals surface area contributed by atoms with Gasteiger partial charge >= 0.3 is 0 Å². The Morgan fingerprint density at radius 2 is 2.00 bits per heavy atom. The van der Waals surface area contributed by atoms with Crippen LogP contribution in [0, 0.1) is 0 Å². The van der Waals surface area contributed by atoms with Gasteiger partial charge in [0.1, 0.15) is 0 Å². The van der Waals surface area contributed by atoms with Crippen LogP contribution in [0.1, 0.15) is 40.5 Å². The summed E-state index contributed by atoms with van der Waals surface area (Å²) in [6, 6.07) is 0. The minimum atomic E-state index is 0.0406. The first-order chi connectivity index (χ1) is 6.05. The van der Waals surface area contributed by atoms with Gasteiger partial charge < -0.3 is 5.32 Å². The molecule has 0 aliphatic rings. The van der Waals surface area contributed by atoms with Crippen LogP contribution >= 0.6 is 0 Å². The van der Waals surface area contributed by atoms with Crippen LogP contribution in [0.4, 0.5) is 0 Å². The van der Waals surface area contributed by atoms with Crippen molar-refractivity contribution in [3.05, 3.63) is 0 Å². The van der Waals surface area contributed by atoms with Crippen molar-refractivity contribution >= 4 is 5.96 Å². The topological polar surface area (TPSA) is 62.4 Å². The van der Waals surface area contributed by atoms with Gasteiger partial charge in [-0.25, -0.2) is 5.84 Å². The molecule has 13 heavy (non-hydrogen) atoms. The lowest BCUT2D eigenvalue weighted by atomic mass is 10.0. The van der Waals surface area contributed by atoms with Gasteiger partial charge in [-0.2, -0.15) is 0 Å². The van der Waals surface area contributed by atoms with E-state index in [1.165, 1.54) is 0 Å². The molecular formula is C9H22N4. The number of nitrogens with two attached hydrogens (primary N) is 1. The van der Waals surface area contributed by atoms with Crippen molar-refractivity contribution in [3.8, 4) is 0 Å². The average Bonchev–Trinajstić information content (AvgIpc) is 2.12. The molecule has 0 aromatic heterocycles. The summed E-state index contributed by atoms with van der Waals surface area (Å²) >= 11 is 0. The SMILES string of the molecule is CCCN=C(NN)NC(C)(C)CC. The predicted molar refractivity (Wildman–Crippen MR) is 57.4 cm³/mol. The van der Waals surface area contributed by atoms with Crippen molar-refractivity contribution in [1.29, 1.82) is 0 Å². The first-order valence-electron chi connectivity index (χ1n) is 4.85. The molecule has 4 N–H and O–H groups in total. The maximum absolute atomic E-state index is 5.33. The summed E-state index contributed by atoms with van der Waals surface area (Å²) in [5.74, 6) is 6.01. The largest absolute Gasteiger partial charge is 0.350 e. The number of nitrogens with one attached hydrogen (secondary N) is 2. The molecule has 0 heterocycles. The van der Waals surface area contributed by atoms with E-state index < -0.39 is 0 Å². The fourth-order valence-corrected chi connectivity index (χ4v) is 0.754. The molecular weight excluding hydrogens is 164 g/mol. The van der Waals surface area contributed by atoms with Crippen LogP contribution in [0.5, 0.6) is 0 Å². The number of hydrazine groups is 1. The number of hydrogen-bond acceptors (Lipinski definition) is 2. The van der Waals surface area contributed by atoms with Crippen molar-refractivity contribution in [2.45, 2.75) is 46.1 Å². The second-order valence-electron chi connectivity index (χ2n) is 3.74. The van der Waals surface area contributed by atoms with Crippen molar-refractivity contribution in [3.63, 3.8) is 0 Å². The van der Waals surface area contributed by atoms with Gasteiger partial charge in [-0.15, -0.1) is 0 Å². The summed E-state index contributed by atoms with van der Waals surface area (Å²) in [7, 11) is 0. The van der Waals surface area contributed by atoms with Gasteiger partial charge in [0.15, 0.2) is 0 Å². The van der Waals surface area contributed by atoms with Crippen LogP contribution in [-0.4, -0.2) is 18.0 Å². The lowest BCUT2D eigenvalue weighted by Crippen LogP contribution is -2.51. The Hall–Kier alpha value is -0.770. The van der Waals surface area contributed by atoms with Gasteiger partial charge in [0.25, 0.3) is 0 Å². The summed E-state index contributed by atoms with van der Waals surface area (Å²) in [6.45, 7) is 9.24. The Bertz CT molecular complexity index is 163. The third-order valence-electron chi connectivity index (χ3n) is 1.97. The molecule has 0 unspecified atom stereocenters. The maximum atomic E-state index is 5.33. The first-order valence-corrected chi connectivity index (χ1v) is 4.85. The normalized spacial score (nSPS) is 12.8. The van der Waals surface area contributed by atoms with Crippen molar-refractivity contribution in [2.75, 3.05) is 6.54 Å². The lowest BCUT2D eigenvalue weighted by Gasteiger charge is -2.26. The molecule has 0 aliphatic heterocycles. The molecule has 0 saturated carbocycles. The molecule has 0 spiro atoms. The van der Waals surface area contributed by atoms with Crippen LogP contribution in [0.25, 0.3) is 0 Å². The maximum Gasteiger partial charge on any atom is 0.206 e. The van der Waals surface area contributed by atoms with E-state index in [1.54, 1.807) is 0 Å². The third-order valence-corrected chi connectivity index (χ3v) is 1.97. The Morgan fingerprint density at radius 3 is 2.38 bits per heavy atom. The fourth-order valence-electron chi connectivity index (χ4n) is 0.754. The number of hydrogen-bond donors (Lipinski definition) is 3. The number of rotatable bonds is 4. The Balaban J connectivity index is 4.11. The summed E-state index contributed by atoms with van der Waals surface area (Å²) in [4.78, 5) is 4.26. The highest BCUT2D eigenvalue weighted by Crippen LogP contribution is 2.05. The molecule has 78 valence electrons. The fraction of sp³-hybridized carbons (Fsp3) is 0.889. The van der Waals surface area contributed by atoms with Crippen LogP contribution in [0.15, 0.2) is 4.99 Å². The predicted octanol–water partition coefficient (Wildman–Crippen LogP) is 0.994. The van der Waals surface area contributed by atoms with Crippen molar-refractivity contribution in [2.24, 2.45) is 10.8 Å². The van der Waals surface area contributed by atoms with Crippen LogP contribution in [-0.2, 0) is 0 Å². The van der Waals surface area contributed by atoms with Gasteiger partial charge in [-0.3, -0.25) is 10.4 Å². The molecule has 0 saturated heterocycles. The van der Waals surface area contributed by atoms with E-state index in [0.29, 0.717) is 5.96 Å². The summed E-state index contributed by atoms with van der Waals surface area (Å²) in [5, 5.41) is 3.24. The second-order valence-corrected chi connectivity index (χ2v) is 3.74. The van der Waals surface area contributed by atoms with Crippen molar-refractivity contribution < 1.29 is 0 Å². The molecule has 0 aliphatic carbocycles. The molecule has 0 radical (unpaired) electrons. The summed E-state index contributed by atoms with van der Waals surface area (Å²) in [6.07, 6.45) is 2.05. The van der Waals surface area contributed by atoms with Gasteiger partial charge in [-0.1, -0.05) is 13.8 Å². The van der Waals surface area contributed by atoms with E-state index in [2.05, 4.69) is 43.4 Å². The Morgan fingerprint density at radius 1 is 1.38 bits per heavy atom. The molecule has 0 atom stereocenters. The monoisotopic (exact) mass is 186 g/mol. The zero-order chi connectivity index (χ0) is 10.3. The average molecular weight is 186 g/mol. The summed E-state index contributed by atoms with van der Waals surface area (Å²) in [5.41, 5.74) is 2.61. The smallest absolute Gasteiger partial charge is 0.206 e. The number of nitrogens with zero attached hydrogens (tertiary/aromatic N) is 1. The quantitative estimate of drug-likeness (QED) is 0.265. The standard InChI is InChI=1S/C9H22N4/c1-5-7-11-8(13-10)12-9(3,4)6-2/h5-7,10H2,1-4H3,(H2,11,12,13). The van der Waals surface area contributed by atoms with Crippen LogP contribution < -0.4 is 16.6 Å². The first kappa shape index (κ1) is 12.2. The number of aliphatic imine (C=N–C) groups is 1. The van der Waals surface area contributed by atoms with Gasteiger partial charge in [0, 0.05) is 12.1 Å². The highest BCUT2D eigenvalue weighted by Gasteiger charge is 2.15. The van der Waals surface area contributed by atoms with E-state index in [9.17, 15) is 0 Å². The van der Waals surface area contributed by atoms with E-state index >= 15 is 0 Å². The molecule has 0 rings (SSSR count). The number of guanidine groups is 1. The Kier molecular flexibility index (Phi) is 5.46. The van der Waals surface area contributed by atoms with E-state index in [0.717, 1.165) is 19.4 Å².